The smallest absolute Gasteiger partial charge is 0.262 e. The lowest BCUT2D eigenvalue weighted by Gasteiger charge is -2.41. The molecule has 0 aromatic heterocycles. The third-order valence-corrected chi connectivity index (χ3v) is 5.35. The van der Waals surface area contributed by atoms with Crippen LogP contribution >= 0.6 is 0 Å². The van der Waals surface area contributed by atoms with Gasteiger partial charge in [0.05, 0.1) is 16.5 Å². The van der Waals surface area contributed by atoms with E-state index >= 15 is 0 Å². The number of aryl methyl sites for hydroxylation is 1. The lowest BCUT2D eigenvalue weighted by molar-refractivity contribution is -0.145. The van der Waals surface area contributed by atoms with Crippen molar-refractivity contribution in [1.82, 2.24) is 10.2 Å². The molecule has 1 aromatic rings. The summed E-state index contributed by atoms with van der Waals surface area (Å²) in [6.45, 7) is 3.34. The number of hydrogen-bond acceptors (Lipinski definition) is 4. The molecular weight excluding hydrogens is 296 g/mol. The van der Waals surface area contributed by atoms with Crippen molar-refractivity contribution in [3.8, 4) is 0 Å². The average molecular weight is 312 g/mol. The number of hydrogen-bond donors (Lipinski definition) is 1. The van der Waals surface area contributed by atoms with Crippen LogP contribution in [0.15, 0.2) is 18.2 Å². The van der Waals surface area contributed by atoms with Gasteiger partial charge in [-0.2, -0.15) is 0 Å². The van der Waals surface area contributed by atoms with Gasteiger partial charge in [0.2, 0.25) is 5.91 Å². The summed E-state index contributed by atoms with van der Waals surface area (Å²) in [7, 11) is 0. The molecule has 1 aliphatic carbocycles. The Balaban J connectivity index is 1.81. The van der Waals surface area contributed by atoms with Crippen LogP contribution in [-0.4, -0.2) is 34.1 Å². The van der Waals surface area contributed by atoms with Gasteiger partial charge in [-0.15, -0.1) is 0 Å². The summed E-state index contributed by atoms with van der Waals surface area (Å²) in [4.78, 5) is 51.1. The standard InChI is InChI=1S/C17H16N2O4/c1-9-4-3-5-10-11(9)13(21)19(12(10)20)16(2)8-17(6-7-17)15(23)18-14(16)22/h3-5H,6-8H2,1-2H3,(H,18,22,23). The van der Waals surface area contributed by atoms with Crippen molar-refractivity contribution in [2.45, 2.75) is 38.6 Å². The molecule has 3 aliphatic rings. The second-order valence-electron chi connectivity index (χ2n) is 6.96. The van der Waals surface area contributed by atoms with Crippen molar-refractivity contribution >= 4 is 23.6 Å². The molecule has 0 bridgehead atoms. The normalized spacial score (nSPS) is 28.2. The number of imide groups is 2. The van der Waals surface area contributed by atoms with Crippen LogP contribution < -0.4 is 5.32 Å². The minimum atomic E-state index is -1.33. The average Bonchev–Trinajstić information content (AvgIpc) is 3.20. The van der Waals surface area contributed by atoms with Crippen LogP contribution in [0.3, 0.4) is 0 Å². The number of nitrogens with one attached hydrogen (secondary N) is 1. The summed E-state index contributed by atoms with van der Waals surface area (Å²) in [5.74, 6) is -1.78. The predicted molar refractivity (Wildman–Crippen MR) is 79.5 cm³/mol. The minimum absolute atomic E-state index is 0.204. The van der Waals surface area contributed by atoms with Crippen LogP contribution in [0.25, 0.3) is 0 Å². The molecule has 1 spiro atoms. The van der Waals surface area contributed by atoms with Gasteiger partial charge in [0.1, 0.15) is 5.54 Å². The SMILES string of the molecule is Cc1cccc2c1C(=O)N(C1(C)CC3(CC3)C(=O)NC1=O)C2=O. The van der Waals surface area contributed by atoms with Crippen LogP contribution in [0.5, 0.6) is 0 Å². The van der Waals surface area contributed by atoms with Crippen molar-refractivity contribution in [1.29, 1.82) is 0 Å². The zero-order valence-electron chi connectivity index (χ0n) is 12.9. The van der Waals surface area contributed by atoms with Crippen molar-refractivity contribution in [3.63, 3.8) is 0 Å². The summed E-state index contributed by atoms with van der Waals surface area (Å²) in [5.41, 5.74) is -0.545. The lowest BCUT2D eigenvalue weighted by Crippen LogP contribution is -2.65. The van der Waals surface area contributed by atoms with Crippen molar-refractivity contribution < 1.29 is 19.2 Å². The van der Waals surface area contributed by atoms with Gasteiger partial charge >= 0.3 is 0 Å². The Morgan fingerprint density at radius 1 is 1.04 bits per heavy atom. The van der Waals surface area contributed by atoms with E-state index in [1.165, 1.54) is 0 Å². The molecule has 4 rings (SSSR count). The maximum Gasteiger partial charge on any atom is 0.262 e. The summed E-state index contributed by atoms with van der Waals surface area (Å²) in [5, 5.41) is 2.36. The Labute approximate surface area is 132 Å². The fraction of sp³-hybridized carbons (Fsp3) is 0.412. The molecule has 1 N–H and O–H groups in total. The van der Waals surface area contributed by atoms with Gasteiger partial charge in [-0.05, 0) is 44.7 Å². The maximum absolute atomic E-state index is 12.8. The third-order valence-electron chi connectivity index (χ3n) is 5.35. The topological polar surface area (TPSA) is 83.6 Å². The molecule has 4 amide bonds. The molecule has 6 heteroatoms. The summed E-state index contributed by atoms with van der Waals surface area (Å²) in [6.07, 6.45) is 1.57. The first-order valence-electron chi connectivity index (χ1n) is 7.65. The number of carbonyl (C=O) groups excluding carboxylic acids is 4. The van der Waals surface area contributed by atoms with E-state index in [1.807, 2.05) is 0 Å². The molecule has 1 aromatic carbocycles. The molecule has 0 radical (unpaired) electrons. The molecule has 1 saturated carbocycles. The first-order chi connectivity index (χ1) is 10.8. The van der Waals surface area contributed by atoms with E-state index in [-0.39, 0.29) is 12.3 Å². The van der Waals surface area contributed by atoms with E-state index in [2.05, 4.69) is 5.32 Å². The summed E-state index contributed by atoms with van der Waals surface area (Å²) >= 11 is 0. The lowest BCUT2D eigenvalue weighted by atomic mass is 9.80. The molecule has 23 heavy (non-hydrogen) atoms. The van der Waals surface area contributed by atoms with Gasteiger partial charge in [0.25, 0.3) is 17.7 Å². The number of amides is 4. The molecular formula is C17H16N2O4. The summed E-state index contributed by atoms with van der Waals surface area (Å²) in [6, 6.07) is 5.09. The number of rotatable bonds is 1. The number of nitrogens with zero attached hydrogens (tertiary/aromatic N) is 1. The minimum Gasteiger partial charge on any atom is -0.294 e. The molecule has 118 valence electrons. The van der Waals surface area contributed by atoms with E-state index in [0.717, 1.165) is 4.90 Å². The second-order valence-corrected chi connectivity index (χ2v) is 6.96. The van der Waals surface area contributed by atoms with Crippen molar-refractivity contribution in [2.24, 2.45) is 5.41 Å². The Hall–Kier alpha value is -2.50. The second kappa shape index (κ2) is 4.07. The fourth-order valence-electron chi connectivity index (χ4n) is 3.83. The zero-order valence-corrected chi connectivity index (χ0v) is 12.9. The Morgan fingerprint density at radius 2 is 1.74 bits per heavy atom. The highest BCUT2D eigenvalue weighted by Gasteiger charge is 2.64. The Kier molecular flexibility index (Phi) is 2.50. The molecule has 2 heterocycles. The highest BCUT2D eigenvalue weighted by Crippen LogP contribution is 2.55. The molecule has 6 nitrogen and oxygen atoms in total. The highest BCUT2D eigenvalue weighted by molar-refractivity contribution is 6.25. The van der Waals surface area contributed by atoms with E-state index in [0.29, 0.717) is 29.5 Å². The van der Waals surface area contributed by atoms with Gasteiger partial charge in [0.15, 0.2) is 0 Å². The van der Waals surface area contributed by atoms with Gasteiger partial charge in [0, 0.05) is 0 Å². The van der Waals surface area contributed by atoms with E-state index in [9.17, 15) is 19.2 Å². The van der Waals surface area contributed by atoms with Gasteiger partial charge in [-0.1, -0.05) is 12.1 Å². The van der Waals surface area contributed by atoms with Crippen LogP contribution in [0, 0.1) is 12.3 Å². The van der Waals surface area contributed by atoms with E-state index < -0.39 is 28.7 Å². The summed E-state index contributed by atoms with van der Waals surface area (Å²) < 4.78 is 0. The highest BCUT2D eigenvalue weighted by atomic mass is 16.2. The van der Waals surface area contributed by atoms with Crippen LogP contribution in [-0.2, 0) is 9.59 Å². The van der Waals surface area contributed by atoms with Crippen LogP contribution in [0.1, 0.15) is 52.5 Å². The van der Waals surface area contributed by atoms with Crippen molar-refractivity contribution in [3.05, 3.63) is 34.9 Å². The Bertz CT molecular complexity index is 809. The van der Waals surface area contributed by atoms with Gasteiger partial charge in [-0.3, -0.25) is 29.4 Å². The van der Waals surface area contributed by atoms with Crippen LogP contribution in [0.2, 0.25) is 0 Å². The van der Waals surface area contributed by atoms with Crippen LogP contribution in [0.4, 0.5) is 0 Å². The van der Waals surface area contributed by atoms with Gasteiger partial charge in [-0.25, -0.2) is 0 Å². The quantitative estimate of drug-likeness (QED) is 0.789. The molecule has 1 unspecified atom stereocenters. The van der Waals surface area contributed by atoms with Crippen molar-refractivity contribution in [2.75, 3.05) is 0 Å². The van der Waals surface area contributed by atoms with E-state index in [4.69, 9.17) is 0 Å². The fourth-order valence-corrected chi connectivity index (χ4v) is 3.83. The molecule has 1 atom stereocenters. The molecule has 2 fully saturated rings. The molecule has 2 aliphatic heterocycles. The zero-order chi connectivity index (χ0) is 16.6. The maximum atomic E-state index is 12.8. The third kappa shape index (κ3) is 1.63. The number of piperidine rings is 1. The Morgan fingerprint density at radius 3 is 2.35 bits per heavy atom. The largest absolute Gasteiger partial charge is 0.294 e. The number of fused-ring (bicyclic) bond motifs is 1. The molecule has 1 saturated heterocycles. The predicted octanol–water partition coefficient (Wildman–Crippen LogP) is 1.18. The number of benzene rings is 1. The first kappa shape index (κ1) is 14.1. The number of carbonyl (C=O) groups is 4. The van der Waals surface area contributed by atoms with E-state index in [1.54, 1.807) is 32.0 Å². The first-order valence-corrected chi connectivity index (χ1v) is 7.65. The monoisotopic (exact) mass is 312 g/mol. The van der Waals surface area contributed by atoms with Gasteiger partial charge < -0.3 is 0 Å².